The van der Waals surface area contributed by atoms with Crippen molar-refractivity contribution >= 4 is 0 Å². The van der Waals surface area contributed by atoms with Gasteiger partial charge in [0.05, 0.1) is 0 Å². The van der Waals surface area contributed by atoms with Gasteiger partial charge >= 0.3 is 0 Å². The Bertz CT molecular complexity index is 84.4. The third kappa shape index (κ3) is 2.12. The van der Waals surface area contributed by atoms with E-state index in [2.05, 4.69) is 20.4 Å². The average Bonchev–Trinajstić information content (AvgIpc) is 1.64. The largest absolute Gasteiger partial charge is 0.324 e. The van der Waals surface area contributed by atoms with Crippen LogP contribution in [0.5, 0.6) is 0 Å². The predicted octanol–water partition coefficient (Wildman–Crippen LogP) is 1.55. The summed E-state index contributed by atoms with van der Waals surface area (Å²) in [5.74, 6) is 0.521. The molecule has 1 atom stereocenters. The first-order valence-corrected chi connectivity index (χ1v) is 2.96. The molecule has 0 fully saturated rings. The average molecular weight is 113 g/mol. The van der Waals surface area contributed by atoms with E-state index in [0.717, 1.165) is 5.57 Å². The predicted molar refractivity (Wildman–Crippen MR) is 37.6 cm³/mol. The van der Waals surface area contributed by atoms with Crippen molar-refractivity contribution in [1.29, 1.82) is 0 Å². The minimum atomic E-state index is 0.176. The third-order valence-corrected chi connectivity index (χ3v) is 1.29. The summed E-state index contributed by atoms with van der Waals surface area (Å²) in [6, 6.07) is 0.176. The van der Waals surface area contributed by atoms with E-state index in [9.17, 15) is 0 Å². The smallest absolute Gasteiger partial charge is 0.0271 e. The monoisotopic (exact) mass is 113 g/mol. The standard InChI is InChI=1S/C7H15N/c1-5(2)7(8)6(3)4/h6-7H,1,8H2,2-4H3/t7-/m0/s1. The van der Waals surface area contributed by atoms with Gasteiger partial charge in [0.15, 0.2) is 0 Å². The van der Waals surface area contributed by atoms with Gasteiger partial charge in [0.1, 0.15) is 0 Å². The van der Waals surface area contributed by atoms with Crippen LogP contribution >= 0.6 is 0 Å². The van der Waals surface area contributed by atoms with Crippen LogP contribution in [0.1, 0.15) is 20.8 Å². The molecule has 8 heavy (non-hydrogen) atoms. The van der Waals surface area contributed by atoms with Crippen LogP contribution in [0.15, 0.2) is 12.2 Å². The number of nitrogens with two attached hydrogens (primary N) is 1. The van der Waals surface area contributed by atoms with Crippen molar-refractivity contribution in [3.05, 3.63) is 12.2 Å². The van der Waals surface area contributed by atoms with E-state index in [1.165, 1.54) is 0 Å². The molecule has 0 aromatic rings. The zero-order valence-electron chi connectivity index (χ0n) is 5.94. The third-order valence-electron chi connectivity index (χ3n) is 1.29. The summed E-state index contributed by atoms with van der Waals surface area (Å²) in [5.41, 5.74) is 6.73. The van der Waals surface area contributed by atoms with Gasteiger partial charge in [0, 0.05) is 6.04 Å². The molecule has 0 saturated carbocycles. The van der Waals surface area contributed by atoms with Gasteiger partial charge in [-0.1, -0.05) is 26.0 Å². The van der Waals surface area contributed by atoms with Crippen molar-refractivity contribution in [3.8, 4) is 0 Å². The van der Waals surface area contributed by atoms with Crippen LogP contribution in [0.25, 0.3) is 0 Å². The van der Waals surface area contributed by atoms with E-state index in [0.29, 0.717) is 5.92 Å². The summed E-state index contributed by atoms with van der Waals surface area (Å²) in [4.78, 5) is 0. The maximum atomic E-state index is 5.66. The van der Waals surface area contributed by atoms with E-state index in [4.69, 9.17) is 5.73 Å². The number of hydrogen-bond donors (Lipinski definition) is 1. The maximum Gasteiger partial charge on any atom is 0.0271 e. The first kappa shape index (κ1) is 7.70. The lowest BCUT2D eigenvalue weighted by atomic mass is 10.00. The molecule has 0 aliphatic rings. The Morgan fingerprint density at radius 1 is 1.50 bits per heavy atom. The molecule has 0 amide bonds. The quantitative estimate of drug-likeness (QED) is 0.540. The van der Waals surface area contributed by atoms with Crippen LogP contribution < -0.4 is 5.73 Å². The van der Waals surface area contributed by atoms with E-state index >= 15 is 0 Å². The lowest BCUT2D eigenvalue weighted by molar-refractivity contribution is 0.550. The lowest BCUT2D eigenvalue weighted by Crippen LogP contribution is -2.26. The molecule has 0 bridgehead atoms. The van der Waals surface area contributed by atoms with Crippen LogP contribution in [0.4, 0.5) is 0 Å². The number of hydrogen-bond acceptors (Lipinski definition) is 1. The summed E-state index contributed by atoms with van der Waals surface area (Å²) in [5, 5.41) is 0. The molecule has 48 valence electrons. The van der Waals surface area contributed by atoms with Gasteiger partial charge in [-0.2, -0.15) is 0 Å². The minimum absolute atomic E-state index is 0.176. The summed E-state index contributed by atoms with van der Waals surface area (Å²) in [6.45, 7) is 9.91. The van der Waals surface area contributed by atoms with E-state index in [1.807, 2.05) is 6.92 Å². The van der Waals surface area contributed by atoms with Gasteiger partial charge in [-0.25, -0.2) is 0 Å². The second-order valence-electron chi connectivity index (χ2n) is 2.62. The van der Waals surface area contributed by atoms with Crippen molar-refractivity contribution in [3.63, 3.8) is 0 Å². The molecular formula is C7H15N. The van der Waals surface area contributed by atoms with Crippen LogP contribution in [0.2, 0.25) is 0 Å². The Morgan fingerprint density at radius 3 is 1.88 bits per heavy atom. The van der Waals surface area contributed by atoms with Crippen molar-refractivity contribution in [1.82, 2.24) is 0 Å². The van der Waals surface area contributed by atoms with Crippen molar-refractivity contribution in [2.45, 2.75) is 26.8 Å². The minimum Gasteiger partial charge on any atom is -0.324 e. The molecular weight excluding hydrogens is 98.1 g/mol. The first-order chi connectivity index (χ1) is 3.55. The SMILES string of the molecule is C=C(C)[C@H](N)C(C)C. The highest BCUT2D eigenvalue weighted by atomic mass is 14.6. The molecule has 1 heteroatoms. The normalized spacial score (nSPS) is 14.1. The van der Waals surface area contributed by atoms with E-state index < -0.39 is 0 Å². The highest BCUT2D eigenvalue weighted by Crippen LogP contribution is 2.05. The highest BCUT2D eigenvalue weighted by Gasteiger charge is 2.05. The van der Waals surface area contributed by atoms with Gasteiger partial charge in [-0.3, -0.25) is 0 Å². The molecule has 0 heterocycles. The zero-order valence-corrected chi connectivity index (χ0v) is 5.94. The Labute approximate surface area is 51.6 Å². The van der Waals surface area contributed by atoms with Gasteiger partial charge in [-0.15, -0.1) is 0 Å². The van der Waals surface area contributed by atoms with Gasteiger partial charge in [0.25, 0.3) is 0 Å². The van der Waals surface area contributed by atoms with Crippen LogP contribution in [-0.4, -0.2) is 6.04 Å². The molecule has 2 N–H and O–H groups in total. The summed E-state index contributed by atoms with van der Waals surface area (Å²) < 4.78 is 0. The molecule has 1 nitrogen and oxygen atoms in total. The molecule has 0 spiro atoms. The van der Waals surface area contributed by atoms with Crippen LogP contribution in [0.3, 0.4) is 0 Å². The Kier molecular flexibility index (Phi) is 2.77. The van der Waals surface area contributed by atoms with E-state index in [-0.39, 0.29) is 6.04 Å². The highest BCUT2D eigenvalue weighted by molar-refractivity contribution is 5.00. The second-order valence-corrected chi connectivity index (χ2v) is 2.62. The van der Waals surface area contributed by atoms with Gasteiger partial charge in [0.2, 0.25) is 0 Å². The summed E-state index contributed by atoms with van der Waals surface area (Å²) in [7, 11) is 0. The molecule has 0 saturated heterocycles. The molecule has 0 rings (SSSR count). The fourth-order valence-electron chi connectivity index (χ4n) is 0.569. The first-order valence-electron chi connectivity index (χ1n) is 2.96. The molecule has 0 aromatic heterocycles. The zero-order chi connectivity index (χ0) is 6.73. The Balaban J connectivity index is 3.64. The fraction of sp³-hybridized carbons (Fsp3) is 0.714. The van der Waals surface area contributed by atoms with Gasteiger partial charge < -0.3 is 5.73 Å². The topological polar surface area (TPSA) is 26.0 Å². The van der Waals surface area contributed by atoms with Crippen molar-refractivity contribution in [2.75, 3.05) is 0 Å². The fourth-order valence-corrected chi connectivity index (χ4v) is 0.569. The molecule has 0 aliphatic heterocycles. The van der Waals surface area contributed by atoms with Crippen LogP contribution in [-0.2, 0) is 0 Å². The second kappa shape index (κ2) is 2.88. The lowest BCUT2D eigenvalue weighted by Gasteiger charge is -2.14. The van der Waals surface area contributed by atoms with Gasteiger partial charge in [-0.05, 0) is 12.8 Å². The van der Waals surface area contributed by atoms with Crippen molar-refractivity contribution < 1.29 is 0 Å². The van der Waals surface area contributed by atoms with E-state index in [1.54, 1.807) is 0 Å². The molecule has 0 radical (unpaired) electrons. The molecule has 0 aliphatic carbocycles. The number of rotatable bonds is 2. The Morgan fingerprint density at radius 2 is 1.88 bits per heavy atom. The molecule has 0 unspecified atom stereocenters. The molecule has 0 aromatic carbocycles. The Hall–Kier alpha value is -0.300. The summed E-state index contributed by atoms with van der Waals surface area (Å²) >= 11 is 0. The summed E-state index contributed by atoms with van der Waals surface area (Å²) in [6.07, 6.45) is 0. The van der Waals surface area contributed by atoms with Crippen LogP contribution in [0, 0.1) is 5.92 Å². The maximum absolute atomic E-state index is 5.66. The van der Waals surface area contributed by atoms with Crippen molar-refractivity contribution in [2.24, 2.45) is 11.7 Å².